The van der Waals surface area contributed by atoms with Crippen LogP contribution in [0.1, 0.15) is 23.8 Å². The van der Waals surface area contributed by atoms with Crippen molar-refractivity contribution in [1.29, 1.82) is 0 Å². The molecular weight excluding hydrogens is 264 g/mol. The maximum atomic E-state index is 5.21. The van der Waals surface area contributed by atoms with Crippen LogP contribution in [0.4, 0.5) is 0 Å². The number of H-pyrrole nitrogens is 1. The van der Waals surface area contributed by atoms with Gasteiger partial charge in [0, 0.05) is 4.88 Å². The van der Waals surface area contributed by atoms with E-state index in [1.165, 1.54) is 28.7 Å². The number of rotatable bonds is 0. The van der Waals surface area contributed by atoms with Crippen LogP contribution in [0.15, 0.2) is 6.33 Å². The van der Waals surface area contributed by atoms with E-state index in [-0.39, 0.29) is 0 Å². The first-order chi connectivity index (χ1) is 8.74. The molecule has 4 rings (SSSR count). The molecule has 92 valence electrons. The molecule has 6 heteroatoms. The first kappa shape index (κ1) is 10.6. The van der Waals surface area contributed by atoms with Crippen LogP contribution >= 0.6 is 23.6 Å². The van der Waals surface area contributed by atoms with Crippen molar-refractivity contribution in [2.45, 2.75) is 26.2 Å². The molecule has 0 saturated heterocycles. The summed E-state index contributed by atoms with van der Waals surface area (Å²) in [6.45, 7) is 2.32. The Morgan fingerprint density at radius 2 is 2.44 bits per heavy atom. The molecular formula is C12H12N4S2. The number of nitrogens with zero attached hydrogens (tertiary/aromatic N) is 3. The fraction of sp³-hybridized carbons (Fsp3) is 0.417. The minimum atomic E-state index is 0.614. The number of aryl methyl sites for hydroxylation is 1. The zero-order valence-electron chi connectivity index (χ0n) is 9.93. The largest absolute Gasteiger partial charge is 0.258 e. The Balaban J connectivity index is 2.15. The summed E-state index contributed by atoms with van der Waals surface area (Å²) in [7, 11) is 0. The molecule has 4 nitrogen and oxygen atoms in total. The highest BCUT2D eigenvalue weighted by Crippen LogP contribution is 2.38. The number of aromatic nitrogens is 4. The molecule has 0 spiro atoms. The van der Waals surface area contributed by atoms with Crippen LogP contribution in [-0.4, -0.2) is 19.6 Å². The highest BCUT2D eigenvalue weighted by atomic mass is 32.1. The Morgan fingerprint density at radius 3 is 3.33 bits per heavy atom. The summed E-state index contributed by atoms with van der Waals surface area (Å²) in [5, 5.41) is 8.42. The average molecular weight is 276 g/mol. The molecule has 0 unspecified atom stereocenters. The van der Waals surface area contributed by atoms with E-state index in [4.69, 9.17) is 12.2 Å². The fourth-order valence-corrected chi connectivity index (χ4v) is 4.28. The zero-order chi connectivity index (χ0) is 12.3. The number of hydrogen-bond donors (Lipinski definition) is 1. The summed E-state index contributed by atoms with van der Waals surface area (Å²) in [6, 6.07) is 0. The molecule has 1 aliphatic carbocycles. The van der Waals surface area contributed by atoms with Crippen molar-refractivity contribution in [3.05, 3.63) is 21.5 Å². The maximum Gasteiger partial charge on any atom is 0.200 e. The summed E-state index contributed by atoms with van der Waals surface area (Å²) in [4.78, 5) is 7.10. The third-order valence-corrected chi connectivity index (χ3v) is 5.16. The van der Waals surface area contributed by atoms with Gasteiger partial charge in [-0.25, -0.2) is 4.98 Å². The van der Waals surface area contributed by atoms with Gasteiger partial charge in [0.15, 0.2) is 5.65 Å². The molecule has 1 atom stereocenters. The predicted molar refractivity (Wildman–Crippen MR) is 74.7 cm³/mol. The lowest BCUT2D eigenvalue weighted by Crippen LogP contribution is -2.08. The number of nitrogens with one attached hydrogen (secondary N) is 1. The van der Waals surface area contributed by atoms with E-state index in [0.29, 0.717) is 4.77 Å². The standard InChI is InChI=1S/C12H12N4S2/c1-6-2-3-7-8(4-6)18-11-9(7)10-14-15-12(17)16(10)5-13-11/h5-6H,2-4H2,1H3,(H,15,17)/t6-/m1/s1. The highest BCUT2D eigenvalue weighted by molar-refractivity contribution is 7.71. The first-order valence-corrected chi connectivity index (χ1v) is 7.32. The summed E-state index contributed by atoms with van der Waals surface area (Å²) < 4.78 is 2.48. The monoisotopic (exact) mass is 276 g/mol. The molecule has 18 heavy (non-hydrogen) atoms. The van der Waals surface area contributed by atoms with Gasteiger partial charge in [-0.15, -0.1) is 11.3 Å². The second-order valence-corrected chi connectivity index (χ2v) is 6.47. The summed E-state index contributed by atoms with van der Waals surface area (Å²) in [5.74, 6) is 0.780. The zero-order valence-corrected chi connectivity index (χ0v) is 11.6. The SMILES string of the molecule is C[C@@H]1CCc2c(sc3ncn4c(=S)[nH]nc4c23)C1. The Kier molecular flexibility index (Phi) is 2.14. The van der Waals surface area contributed by atoms with Crippen molar-refractivity contribution >= 4 is 39.4 Å². The summed E-state index contributed by atoms with van der Waals surface area (Å²) in [5.41, 5.74) is 2.37. The van der Waals surface area contributed by atoms with Crippen LogP contribution in [0.3, 0.4) is 0 Å². The molecule has 1 N–H and O–H groups in total. The molecule has 0 fully saturated rings. The van der Waals surface area contributed by atoms with Gasteiger partial charge in [0.25, 0.3) is 0 Å². The molecule has 0 aromatic carbocycles. The molecule has 0 bridgehead atoms. The Hall–Kier alpha value is -1.27. The van der Waals surface area contributed by atoms with Crippen molar-refractivity contribution in [3.8, 4) is 0 Å². The normalized spacial score (nSPS) is 19.5. The molecule has 1 aliphatic rings. The lowest BCUT2D eigenvalue weighted by Gasteiger charge is -2.17. The number of thiophene rings is 1. The quantitative estimate of drug-likeness (QED) is 0.642. The molecule has 3 heterocycles. The predicted octanol–water partition coefficient (Wildman–Crippen LogP) is 3.13. The summed E-state index contributed by atoms with van der Waals surface area (Å²) in [6.07, 6.45) is 5.34. The Labute approximate surface area is 113 Å². The maximum absolute atomic E-state index is 5.21. The van der Waals surface area contributed by atoms with Crippen LogP contribution in [0.5, 0.6) is 0 Å². The van der Waals surface area contributed by atoms with Gasteiger partial charge in [0.2, 0.25) is 4.77 Å². The van der Waals surface area contributed by atoms with Crippen molar-refractivity contribution < 1.29 is 0 Å². The van der Waals surface area contributed by atoms with Crippen molar-refractivity contribution in [2.75, 3.05) is 0 Å². The van der Waals surface area contributed by atoms with Gasteiger partial charge >= 0.3 is 0 Å². The van der Waals surface area contributed by atoms with E-state index < -0.39 is 0 Å². The second kappa shape index (κ2) is 3.61. The van der Waals surface area contributed by atoms with Crippen LogP contribution in [0.25, 0.3) is 15.9 Å². The lowest BCUT2D eigenvalue weighted by molar-refractivity contribution is 0.509. The third-order valence-electron chi connectivity index (χ3n) is 3.71. The van der Waals surface area contributed by atoms with Crippen molar-refractivity contribution in [2.24, 2.45) is 5.92 Å². The minimum Gasteiger partial charge on any atom is -0.258 e. The molecule has 3 aromatic rings. The number of aromatic amines is 1. The van der Waals surface area contributed by atoms with Crippen LogP contribution in [0, 0.1) is 10.7 Å². The average Bonchev–Trinajstić information content (AvgIpc) is 2.89. The van der Waals surface area contributed by atoms with E-state index in [1.807, 2.05) is 15.7 Å². The van der Waals surface area contributed by atoms with Gasteiger partial charge in [-0.1, -0.05) is 6.92 Å². The van der Waals surface area contributed by atoms with Gasteiger partial charge in [-0.05, 0) is 43.0 Å². The minimum absolute atomic E-state index is 0.614. The van der Waals surface area contributed by atoms with Crippen molar-refractivity contribution in [3.63, 3.8) is 0 Å². The van der Waals surface area contributed by atoms with E-state index in [0.717, 1.165) is 22.8 Å². The molecule has 0 saturated carbocycles. The topological polar surface area (TPSA) is 46.0 Å². The van der Waals surface area contributed by atoms with Gasteiger partial charge in [0.05, 0.1) is 5.39 Å². The number of hydrogen-bond acceptors (Lipinski definition) is 4. The first-order valence-electron chi connectivity index (χ1n) is 6.10. The highest BCUT2D eigenvalue weighted by Gasteiger charge is 2.22. The van der Waals surface area contributed by atoms with Gasteiger partial charge in [-0.3, -0.25) is 9.50 Å². The summed E-state index contributed by atoms with van der Waals surface area (Å²) >= 11 is 7.02. The third kappa shape index (κ3) is 1.33. The van der Waals surface area contributed by atoms with Gasteiger partial charge < -0.3 is 0 Å². The Morgan fingerprint density at radius 1 is 1.56 bits per heavy atom. The van der Waals surface area contributed by atoms with E-state index in [9.17, 15) is 0 Å². The van der Waals surface area contributed by atoms with Crippen LogP contribution < -0.4 is 0 Å². The van der Waals surface area contributed by atoms with E-state index >= 15 is 0 Å². The van der Waals surface area contributed by atoms with Crippen LogP contribution in [0.2, 0.25) is 0 Å². The molecule has 3 aromatic heterocycles. The van der Waals surface area contributed by atoms with Crippen LogP contribution in [-0.2, 0) is 12.8 Å². The van der Waals surface area contributed by atoms with Gasteiger partial charge in [-0.2, -0.15) is 5.10 Å². The van der Waals surface area contributed by atoms with Gasteiger partial charge in [0.1, 0.15) is 11.2 Å². The molecule has 0 amide bonds. The number of fused-ring (bicyclic) bond motifs is 5. The van der Waals surface area contributed by atoms with E-state index in [2.05, 4.69) is 22.1 Å². The van der Waals surface area contributed by atoms with Crippen molar-refractivity contribution in [1.82, 2.24) is 19.6 Å². The fourth-order valence-electron chi connectivity index (χ4n) is 2.76. The molecule has 0 radical (unpaired) electrons. The van der Waals surface area contributed by atoms with E-state index in [1.54, 1.807) is 6.33 Å². The Bertz CT molecular complexity index is 811. The second-order valence-electron chi connectivity index (χ2n) is 5.00. The smallest absolute Gasteiger partial charge is 0.200 e. The lowest BCUT2D eigenvalue weighted by atomic mass is 9.89. The molecule has 0 aliphatic heterocycles.